The highest BCUT2D eigenvalue weighted by Crippen LogP contribution is 2.19. The molecule has 2 unspecified atom stereocenters. The van der Waals surface area contributed by atoms with Gasteiger partial charge < -0.3 is 16.2 Å². The van der Waals surface area contributed by atoms with Gasteiger partial charge in [-0.05, 0) is 50.8 Å². The predicted molar refractivity (Wildman–Crippen MR) is 118 cm³/mol. The van der Waals surface area contributed by atoms with Crippen LogP contribution in [0.25, 0.3) is 0 Å². The van der Waals surface area contributed by atoms with Crippen molar-refractivity contribution >= 4 is 0 Å². The van der Waals surface area contributed by atoms with Crippen LogP contribution in [0.2, 0.25) is 0 Å². The lowest BCUT2D eigenvalue weighted by Crippen LogP contribution is -2.23. The minimum Gasteiger partial charge on any atom is -0.490 e. The molecular formula is C24H44N2O. The lowest BCUT2D eigenvalue weighted by molar-refractivity contribution is 0.173. The maximum atomic E-state index is 6.21. The molecule has 3 nitrogen and oxygen atoms in total. The van der Waals surface area contributed by atoms with E-state index in [4.69, 9.17) is 16.2 Å². The van der Waals surface area contributed by atoms with Gasteiger partial charge in [-0.25, -0.2) is 0 Å². The van der Waals surface area contributed by atoms with Crippen LogP contribution in [-0.4, -0.2) is 18.7 Å². The van der Waals surface area contributed by atoms with E-state index in [1.165, 1.54) is 77.0 Å². The van der Waals surface area contributed by atoms with Crippen molar-refractivity contribution in [3.63, 3.8) is 0 Å². The van der Waals surface area contributed by atoms with Gasteiger partial charge in [-0.15, -0.1) is 0 Å². The van der Waals surface area contributed by atoms with Crippen LogP contribution in [0.1, 0.15) is 96.8 Å². The van der Waals surface area contributed by atoms with Crippen molar-refractivity contribution in [3.8, 4) is 5.75 Å². The van der Waals surface area contributed by atoms with E-state index in [1.807, 2.05) is 6.07 Å². The monoisotopic (exact) mass is 376 g/mol. The third-order valence-electron chi connectivity index (χ3n) is 5.31. The molecule has 0 radical (unpaired) electrons. The van der Waals surface area contributed by atoms with Crippen molar-refractivity contribution in [1.82, 2.24) is 0 Å². The van der Waals surface area contributed by atoms with Crippen LogP contribution in [0.5, 0.6) is 5.75 Å². The Bertz CT molecular complexity index is 424. The number of para-hydroxylation sites is 1. The van der Waals surface area contributed by atoms with E-state index >= 15 is 0 Å². The fourth-order valence-corrected chi connectivity index (χ4v) is 3.58. The normalized spacial score (nSPS) is 13.4. The highest BCUT2D eigenvalue weighted by atomic mass is 16.5. The van der Waals surface area contributed by atoms with Crippen molar-refractivity contribution in [1.29, 1.82) is 0 Å². The van der Waals surface area contributed by atoms with Crippen LogP contribution in [0.3, 0.4) is 0 Å². The van der Waals surface area contributed by atoms with E-state index in [-0.39, 0.29) is 0 Å². The van der Waals surface area contributed by atoms with Crippen LogP contribution < -0.4 is 16.2 Å². The highest BCUT2D eigenvalue weighted by Gasteiger charge is 2.10. The van der Waals surface area contributed by atoms with Crippen molar-refractivity contribution in [3.05, 3.63) is 30.3 Å². The molecular weight excluding hydrogens is 332 g/mol. The molecule has 0 amide bonds. The maximum absolute atomic E-state index is 6.21. The SMILES string of the molecule is CCCCC(CCCCCCCCCCC(N)CCN)Oc1ccccc1. The molecule has 4 N–H and O–H groups in total. The van der Waals surface area contributed by atoms with E-state index in [2.05, 4.69) is 31.2 Å². The molecule has 0 saturated carbocycles. The first-order chi connectivity index (χ1) is 13.3. The first-order valence-corrected chi connectivity index (χ1v) is 11.4. The maximum Gasteiger partial charge on any atom is 0.119 e. The number of rotatable bonds is 18. The van der Waals surface area contributed by atoms with Gasteiger partial charge in [0.2, 0.25) is 0 Å². The lowest BCUT2D eigenvalue weighted by atomic mass is 10.0. The third kappa shape index (κ3) is 13.7. The van der Waals surface area contributed by atoms with Gasteiger partial charge in [0.1, 0.15) is 5.75 Å². The number of hydrogen-bond acceptors (Lipinski definition) is 3. The topological polar surface area (TPSA) is 61.3 Å². The van der Waals surface area contributed by atoms with Crippen LogP contribution in [0.15, 0.2) is 30.3 Å². The molecule has 0 saturated heterocycles. The van der Waals surface area contributed by atoms with Gasteiger partial charge in [0, 0.05) is 6.04 Å². The molecule has 27 heavy (non-hydrogen) atoms. The van der Waals surface area contributed by atoms with E-state index in [1.54, 1.807) is 0 Å². The molecule has 0 aromatic heterocycles. The minimum absolute atomic E-state index is 0.314. The Morgan fingerprint density at radius 1 is 0.741 bits per heavy atom. The molecule has 1 rings (SSSR count). The molecule has 2 atom stereocenters. The van der Waals surface area contributed by atoms with Crippen LogP contribution >= 0.6 is 0 Å². The van der Waals surface area contributed by atoms with Crippen LogP contribution in [0.4, 0.5) is 0 Å². The van der Waals surface area contributed by atoms with Gasteiger partial charge >= 0.3 is 0 Å². The average molecular weight is 377 g/mol. The summed E-state index contributed by atoms with van der Waals surface area (Å²) < 4.78 is 6.21. The summed E-state index contributed by atoms with van der Waals surface area (Å²) in [6.07, 6.45) is 18.0. The van der Waals surface area contributed by atoms with Gasteiger partial charge in [0.15, 0.2) is 0 Å². The largest absolute Gasteiger partial charge is 0.490 e. The lowest BCUT2D eigenvalue weighted by Gasteiger charge is -2.19. The summed E-state index contributed by atoms with van der Waals surface area (Å²) in [4.78, 5) is 0. The second kappa shape index (κ2) is 17.1. The summed E-state index contributed by atoms with van der Waals surface area (Å²) in [7, 11) is 0. The Morgan fingerprint density at radius 3 is 1.89 bits per heavy atom. The molecule has 3 heteroatoms. The fraction of sp³-hybridized carbons (Fsp3) is 0.750. The zero-order chi connectivity index (χ0) is 19.6. The van der Waals surface area contributed by atoms with Gasteiger partial charge in [-0.1, -0.05) is 82.9 Å². The molecule has 156 valence electrons. The van der Waals surface area contributed by atoms with Crippen molar-refractivity contribution in [2.24, 2.45) is 11.5 Å². The summed E-state index contributed by atoms with van der Waals surface area (Å²) in [5, 5.41) is 0. The van der Waals surface area contributed by atoms with Gasteiger partial charge in [-0.2, -0.15) is 0 Å². The Morgan fingerprint density at radius 2 is 1.30 bits per heavy atom. The van der Waals surface area contributed by atoms with Crippen molar-refractivity contribution in [2.75, 3.05) is 6.54 Å². The van der Waals surface area contributed by atoms with E-state index in [0.717, 1.165) is 25.1 Å². The van der Waals surface area contributed by atoms with Gasteiger partial charge in [0.25, 0.3) is 0 Å². The first-order valence-electron chi connectivity index (χ1n) is 11.4. The third-order valence-corrected chi connectivity index (χ3v) is 5.31. The average Bonchev–Trinajstić information content (AvgIpc) is 2.68. The van der Waals surface area contributed by atoms with Crippen molar-refractivity contribution in [2.45, 2.75) is 109 Å². The smallest absolute Gasteiger partial charge is 0.119 e. The number of benzene rings is 1. The number of nitrogens with two attached hydrogens (primary N) is 2. The molecule has 0 heterocycles. The Hall–Kier alpha value is -1.06. The zero-order valence-corrected chi connectivity index (χ0v) is 17.7. The molecule has 0 aliphatic carbocycles. The Balaban J connectivity index is 2.02. The molecule has 1 aromatic rings. The zero-order valence-electron chi connectivity index (χ0n) is 17.7. The quantitative estimate of drug-likeness (QED) is 0.300. The second-order valence-electron chi connectivity index (χ2n) is 7.94. The summed E-state index contributed by atoms with van der Waals surface area (Å²) in [6, 6.07) is 10.6. The van der Waals surface area contributed by atoms with E-state index in [9.17, 15) is 0 Å². The highest BCUT2D eigenvalue weighted by molar-refractivity contribution is 5.21. The molecule has 0 fully saturated rings. The summed E-state index contributed by atoms with van der Waals surface area (Å²) in [6.45, 7) is 2.97. The van der Waals surface area contributed by atoms with E-state index < -0.39 is 0 Å². The van der Waals surface area contributed by atoms with Gasteiger partial charge in [0.05, 0.1) is 6.10 Å². The molecule has 0 bridgehead atoms. The molecule has 0 spiro atoms. The standard InChI is InChI=1S/C24H44N2O/c1-2-3-16-23(27-24-18-13-10-14-19-24)17-12-9-7-5-4-6-8-11-15-22(26)20-21-25/h10,13-14,18-19,22-23H,2-9,11-12,15-17,20-21,25-26H2,1H3. The van der Waals surface area contributed by atoms with Crippen molar-refractivity contribution < 1.29 is 4.74 Å². The molecule has 1 aromatic carbocycles. The van der Waals surface area contributed by atoms with Crippen LogP contribution in [0, 0.1) is 0 Å². The summed E-state index contributed by atoms with van der Waals surface area (Å²) in [5.41, 5.74) is 11.5. The fourth-order valence-electron chi connectivity index (χ4n) is 3.58. The van der Waals surface area contributed by atoms with Gasteiger partial charge in [-0.3, -0.25) is 0 Å². The Labute approximate surface area is 168 Å². The first kappa shape index (κ1) is 24.0. The molecule has 0 aliphatic heterocycles. The Kier molecular flexibility index (Phi) is 15.2. The molecule has 0 aliphatic rings. The van der Waals surface area contributed by atoms with E-state index in [0.29, 0.717) is 12.1 Å². The number of unbranched alkanes of at least 4 members (excludes halogenated alkanes) is 8. The second-order valence-corrected chi connectivity index (χ2v) is 7.94. The van der Waals surface area contributed by atoms with Crippen LogP contribution in [-0.2, 0) is 0 Å². The number of hydrogen-bond donors (Lipinski definition) is 2. The predicted octanol–water partition coefficient (Wildman–Crippen LogP) is 6.20. The number of ether oxygens (including phenoxy) is 1. The summed E-state index contributed by atoms with van der Waals surface area (Å²) >= 11 is 0. The summed E-state index contributed by atoms with van der Waals surface area (Å²) in [5.74, 6) is 1.02. The minimum atomic E-state index is 0.314.